The topological polar surface area (TPSA) is 105 Å². The number of nitro groups is 2. The lowest BCUT2D eigenvalue weighted by Crippen LogP contribution is -1.94. The van der Waals surface area contributed by atoms with E-state index >= 15 is 0 Å². The highest BCUT2D eigenvalue weighted by molar-refractivity contribution is 5.59. The van der Waals surface area contributed by atoms with Crippen LogP contribution in [0.5, 0.6) is 17.2 Å². The number of nitro benzene ring substituents is 1. The maximum absolute atomic E-state index is 11.2. The first-order valence-corrected chi connectivity index (χ1v) is 6.41. The number of nitrogens with zero attached hydrogens (tertiary/aromatic N) is 2. The third-order valence-electron chi connectivity index (χ3n) is 2.86. The fourth-order valence-electron chi connectivity index (χ4n) is 1.78. The second-order valence-corrected chi connectivity index (χ2v) is 4.36. The molecule has 0 amide bonds. The molecule has 0 spiro atoms. The Bertz CT molecular complexity index is 755. The minimum absolute atomic E-state index is 0.0402. The molecule has 0 saturated carbocycles. The highest BCUT2D eigenvalue weighted by Gasteiger charge is 2.16. The van der Waals surface area contributed by atoms with E-state index in [1.807, 2.05) is 0 Å². The van der Waals surface area contributed by atoms with Crippen LogP contribution in [0.25, 0.3) is 6.08 Å². The van der Waals surface area contributed by atoms with E-state index in [1.165, 1.54) is 31.4 Å². The van der Waals surface area contributed by atoms with E-state index in [-0.39, 0.29) is 11.4 Å². The zero-order valence-electron chi connectivity index (χ0n) is 12.0. The summed E-state index contributed by atoms with van der Waals surface area (Å²) in [4.78, 5) is 20.2. The minimum Gasteiger partial charge on any atom is -0.497 e. The fourth-order valence-corrected chi connectivity index (χ4v) is 1.78. The van der Waals surface area contributed by atoms with Gasteiger partial charge in [0.15, 0.2) is 0 Å². The summed E-state index contributed by atoms with van der Waals surface area (Å²) in [5.74, 6) is 1.08. The second kappa shape index (κ2) is 7.03. The standard InChI is InChI=1S/C15H12N2O6/c1-22-12-3-5-13(6-4-12)23-15-7-2-11(8-9-16(18)19)10-14(15)17(20)21/h2-10H,1H3/b9-8+. The number of methoxy groups -OCH3 is 1. The molecule has 0 aliphatic carbocycles. The van der Waals surface area contributed by atoms with Crippen molar-refractivity contribution in [2.24, 2.45) is 0 Å². The summed E-state index contributed by atoms with van der Waals surface area (Å²) in [7, 11) is 1.53. The highest BCUT2D eigenvalue weighted by Crippen LogP contribution is 2.33. The van der Waals surface area contributed by atoms with E-state index in [9.17, 15) is 20.2 Å². The van der Waals surface area contributed by atoms with Gasteiger partial charge in [-0.1, -0.05) is 6.07 Å². The quantitative estimate of drug-likeness (QED) is 0.595. The van der Waals surface area contributed by atoms with Gasteiger partial charge in [-0.05, 0) is 35.9 Å². The van der Waals surface area contributed by atoms with Crippen LogP contribution in [-0.4, -0.2) is 17.0 Å². The van der Waals surface area contributed by atoms with Gasteiger partial charge in [0.2, 0.25) is 11.9 Å². The maximum atomic E-state index is 11.2. The predicted molar refractivity (Wildman–Crippen MR) is 82.2 cm³/mol. The number of rotatable bonds is 6. The van der Waals surface area contributed by atoms with Crippen molar-refractivity contribution >= 4 is 11.8 Å². The highest BCUT2D eigenvalue weighted by atomic mass is 16.6. The molecule has 0 N–H and O–H groups in total. The van der Waals surface area contributed by atoms with Crippen molar-refractivity contribution in [2.45, 2.75) is 0 Å². The zero-order chi connectivity index (χ0) is 16.8. The van der Waals surface area contributed by atoms with Crippen molar-refractivity contribution in [2.75, 3.05) is 7.11 Å². The van der Waals surface area contributed by atoms with Gasteiger partial charge in [-0.3, -0.25) is 20.2 Å². The molecule has 2 aromatic rings. The molecular weight excluding hydrogens is 304 g/mol. The molecule has 0 atom stereocenters. The van der Waals surface area contributed by atoms with Crippen LogP contribution in [0.15, 0.2) is 48.7 Å². The minimum atomic E-state index is -0.645. The van der Waals surface area contributed by atoms with Gasteiger partial charge in [0, 0.05) is 12.1 Å². The number of benzene rings is 2. The fraction of sp³-hybridized carbons (Fsp3) is 0.0667. The van der Waals surface area contributed by atoms with E-state index in [2.05, 4.69) is 0 Å². The van der Waals surface area contributed by atoms with Crippen molar-refractivity contribution in [1.82, 2.24) is 0 Å². The Balaban J connectivity index is 2.29. The van der Waals surface area contributed by atoms with Gasteiger partial charge < -0.3 is 9.47 Å². The molecule has 0 unspecified atom stereocenters. The van der Waals surface area contributed by atoms with Crippen LogP contribution >= 0.6 is 0 Å². The first kappa shape index (κ1) is 16.0. The Labute approximate surface area is 130 Å². The van der Waals surface area contributed by atoms with Crippen LogP contribution < -0.4 is 9.47 Å². The summed E-state index contributed by atoms with van der Waals surface area (Å²) >= 11 is 0. The van der Waals surface area contributed by atoms with Crippen LogP contribution in [0, 0.1) is 20.2 Å². The van der Waals surface area contributed by atoms with E-state index in [0.717, 1.165) is 0 Å². The van der Waals surface area contributed by atoms with Crippen molar-refractivity contribution in [3.05, 3.63) is 74.5 Å². The monoisotopic (exact) mass is 316 g/mol. The summed E-state index contributed by atoms with van der Waals surface area (Å²) in [5, 5.41) is 21.5. The summed E-state index contributed by atoms with van der Waals surface area (Å²) in [6, 6.07) is 10.6. The molecule has 118 valence electrons. The average Bonchev–Trinajstić information content (AvgIpc) is 2.54. The normalized spacial score (nSPS) is 10.5. The lowest BCUT2D eigenvalue weighted by atomic mass is 10.2. The third kappa shape index (κ3) is 4.27. The molecule has 2 rings (SSSR count). The van der Waals surface area contributed by atoms with Crippen molar-refractivity contribution < 1.29 is 19.3 Å². The predicted octanol–water partition coefficient (Wildman–Crippen LogP) is 3.64. The van der Waals surface area contributed by atoms with Crippen LogP contribution in [0.4, 0.5) is 5.69 Å². The Morgan fingerprint density at radius 2 is 1.65 bits per heavy atom. The van der Waals surface area contributed by atoms with Gasteiger partial charge >= 0.3 is 5.69 Å². The van der Waals surface area contributed by atoms with E-state index in [0.29, 0.717) is 23.3 Å². The molecule has 23 heavy (non-hydrogen) atoms. The molecule has 8 heteroatoms. The van der Waals surface area contributed by atoms with Gasteiger partial charge in [0.25, 0.3) is 0 Å². The molecule has 0 aliphatic rings. The summed E-state index contributed by atoms with van der Waals surface area (Å²) in [5.41, 5.74) is 0.0433. The molecule has 0 aliphatic heterocycles. The van der Waals surface area contributed by atoms with Gasteiger partial charge in [-0.2, -0.15) is 0 Å². The van der Waals surface area contributed by atoms with E-state index in [4.69, 9.17) is 9.47 Å². The van der Waals surface area contributed by atoms with Gasteiger partial charge in [-0.25, -0.2) is 0 Å². The van der Waals surface area contributed by atoms with E-state index < -0.39 is 9.85 Å². The Hall–Kier alpha value is -3.42. The van der Waals surface area contributed by atoms with Gasteiger partial charge in [-0.15, -0.1) is 0 Å². The van der Waals surface area contributed by atoms with Gasteiger partial charge in [0.1, 0.15) is 11.5 Å². The molecule has 0 radical (unpaired) electrons. The Morgan fingerprint density at radius 3 is 2.22 bits per heavy atom. The van der Waals surface area contributed by atoms with Crippen LogP contribution in [0.2, 0.25) is 0 Å². The maximum Gasteiger partial charge on any atom is 0.312 e. The molecule has 8 nitrogen and oxygen atoms in total. The molecule has 0 heterocycles. The summed E-state index contributed by atoms with van der Waals surface area (Å²) in [6.45, 7) is 0. The Kier molecular flexibility index (Phi) is 4.88. The van der Waals surface area contributed by atoms with Crippen molar-refractivity contribution in [3.8, 4) is 17.2 Å². The van der Waals surface area contributed by atoms with Crippen molar-refractivity contribution in [1.29, 1.82) is 0 Å². The lowest BCUT2D eigenvalue weighted by molar-refractivity contribution is -0.400. The van der Waals surface area contributed by atoms with Crippen LogP contribution in [0.3, 0.4) is 0 Å². The van der Waals surface area contributed by atoms with Gasteiger partial charge in [0.05, 0.1) is 17.0 Å². The molecule has 0 saturated heterocycles. The number of hydrogen-bond donors (Lipinski definition) is 0. The third-order valence-corrected chi connectivity index (χ3v) is 2.86. The molecule has 0 aromatic heterocycles. The smallest absolute Gasteiger partial charge is 0.312 e. The summed E-state index contributed by atoms with van der Waals surface area (Å²) in [6.07, 6.45) is 1.88. The Morgan fingerprint density at radius 1 is 1.00 bits per heavy atom. The van der Waals surface area contributed by atoms with Crippen LogP contribution in [-0.2, 0) is 0 Å². The molecular formula is C15H12N2O6. The first-order chi connectivity index (χ1) is 11.0. The molecule has 0 bridgehead atoms. The SMILES string of the molecule is COc1ccc(Oc2ccc(/C=C/[N+](=O)[O-])cc2[N+](=O)[O-])cc1. The molecule has 2 aromatic carbocycles. The number of hydrogen-bond acceptors (Lipinski definition) is 6. The first-order valence-electron chi connectivity index (χ1n) is 6.41. The lowest BCUT2D eigenvalue weighted by Gasteiger charge is -2.07. The summed E-state index contributed by atoms with van der Waals surface area (Å²) < 4.78 is 10.5. The molecule has 0 fully saturated rings. The van der Waals surface area contributed by atoms with Crippen molar-refractivity contribution in [3.63, 3.8) is 0 Å². The number of ether oxygens (including phenoxy) is 2. The largest absolute Gasteiger partial charge is 0.497 e. The zero-order valence-corrected chi connectivity index (χ0v) is 12.0. The average molecular weight is 316 g/mol. The van der Waals surface area contributed by atoms with Crippen LogP contribution in [0.1, 0.15) is 5.56 Å². The second-order valence-electron chi connectivity index (χ2n) is 4.36. The van der Waals surface area contributed by atoms with E-state index in [1.54, 1.807) is 24.3 Å².